The molecule has 2 aromatic carbocycles. The average molecular weight is 405 g/mol. The van der Waals surface area contributed by atoms with E-state index in [0.29, 0.717) is 34.6 Å². The second-order valence-electron chi connectivity index (χ2n) is 8.34. The van der Waals surface area contributed by atoms with Crippen molar-refractivity contribution in [3.05, 3.63) is 54.1 Å². The van der Waals surface area contributed by atoms with Gasteiger partial charge in [0.1, 0.15) is 11.5 Å². The van der Waals surface area contributed by atoms with Crippen LogP contribution in [0.5, 0.6) is 11.5 Å². The number of benzene rings is 2. The van der Waals surface area contributed by atoms with Crippen molar-refractivity contribution in [2.45, 2.75) is 19.3 Å². The number of ketones is 1. The Kier molecular flexibility index (Phi) is 4.57. The summed E-state index contributed by atoms with van der Waals surface area (Å²) in [5.41, 5.74) is 1.02. The van der Waals surface area contributed by atoms with Crippen LogP contribution in [0.1, 0.15) is 29.6 Å². The molecule has 2 aromatic rings. The first kappa shape index (κ1) is 18.9. The van der Waals surface area contributed by atoms with Gasteiger partial charge in [-0.15, -0.1) is 0 Å². The fraction of sp³-hybridized carbons (Fsp3) is 0.375. The number of carbonyl (C=O) groups excluding carboxylic acids is 3. The van der Waals surface area contributed by atoms with Crippen molar-refractivity contribution in [3.8, 4) is 11.5 Å². The van der Waals surface area contributed by atoms with E-state index in [1.807, 2.05) is 0 Å². The van der Waals surface area contributed by atoms with Gasteiger partial charge in [0.25, 0.3) is 0 Å². The molecular weight excluding hydrogens is 382 g/mol. The number of nitrogens with zero attached hydrogens (tertiary/aromatic N) is 1. The molecule has 2 bridgehead atoms. The van der Waals surface area contributed by atoms with Crippen LogP contribution in [-0.4, -0.2) is 31.3 Å². The molecule has 1 saturated heterocycles. The van der Waals surface area contributed by atoms with Crippen LogP contribution in [0.4, 0.5) is 5.69 Å². The second kappa shape index (κ2) is 7.27. The van der Waals surface area contributed by atoms with Gasteiger partial charge in [0.05, 0.1) is 24.6 Å². The Labute approximate surface area is 174 Å². The van der Waals surface area contributed by atoms with Crippen LogP contribution < -0.4 is 14.4 Å². The highest BCUT2D eigenvalue weighted by Crippen LogP contribution is 2.56. The minimum absolute atomic E-state index is 0.0817. The topological polar surface area (TPSA) is 72.9 Å². The van der Waals surface area contributed by atoms with Gasteiger partial charge in [-0.3, -0.25) is 14.4 Å². The first-order chi connectivity index (χ1) is 14.6. The van der Waals surface area contributed by atoms with E-state index in [0.717, 1.165) is 19.3 Å². The Morgan fingerprint density at radius 1 is 0.967 bits per heavy atom. The molecule has 2 aliphatic carbocycles. The van der Waals surface area contributed by atoms with E-state index in [2.05, 4.69) is 0 Å². The van der Waals surface area contributed by atoms with Crippen LogP contribution in [0, 0.1) is 23.7 Å². The summed E-state index contributed by atoms with van der Waals surface area (Å²) in [6.07, 6.45) is 3.11. The third-order valence-corrected chi connectivity index (χ3v) is 6.76. The van der Waals surface area contributed by atoms with Gasteiger partial charge in [0, 0.05) is 11.6 Å². The Balaban J connectivity index is 1.31. The van der Waals surface area contributed by atoms with E-state index in [-0.39, 0.29) is 36.0 Å². The number of amides is 2. The quantitative estimate of drug-likeness (QED) is 0.543. The number of imide groups is 1. The lowest BCUT2D eigenvalue weighted by Gasteiger charge is -2.19. The van der Waals surface area contributed by atoms with Crippen LogP contribution >= 0.6 is 0 Å². The number of anilines is 1. The van der Waals surface area contributed by atoms with E-state index in [1.165, 1.54) is 4.90 Å². The number of Topliss-reactive ketones (excluding diaryl/α,β-unsaturated/α-hetero) is 1. The molecular formula is C24H23NO5. The maximum absolute atomic E-state index is 13.0. The summed E-state index contributed by atoms with van der Waals surface area (Å²) in [5.74, 6) is 1.09. The molecule has 5 rings (SSSR count). The number of ether oxygens (including phenoxy) is 2. The summed E-state index contributed by atoms with van der Waals surface area (Å²) in [5, 5.41) is 0. The molecule has 2 amide bonds. The predicted octanol–water partition coefficient (Wildman–Crippen LogP) is 3.49. The summed E-state index contributed by atoms with van der Waals surface area (Å²) in [6, 6.07) is 13.8. The summed E-state index contributed by atoms with van der Waals surface area (Å²) in [4.78, 5) is 39.8. The molecule has 3 aliphatic rings. The van der Waals surface area contributed by atoms with Gasteiger partial charge in [-0.25, -0.2) is 4.90 Å². The van der Waals surface area contributed by atoms with Gasteiger partial charge in [0.15, 0.2) is 12.4 Å². The molecule has 6 nitrogen and oxygen atoms in total. The molecule has 1 aliphatic heterocycles. The summed E-state index contributed by atoms with van der Waals surface area (Å²) < 4.78 is 10.8. The SMILES string of the molecule is COc1cccc(C(=O)COc2cccc(N3C(=O)C4C5CCC(C5)C4C3=O)c2)c1. The number of methoxy groups -OCH3 is 1. The zero-order chi connectivity index (χ0) is 20.8. The van der Waals surface area contributed by atoms with Crippen molar-refractivity contribution < 1.29 is 23.9 Å². The molecule has 0 radical (unpaired) electrons. The Morgan fingerprint density at radius 3 is 2.33 bits per heavy atom. The lowest BCUT2D eigenvalue weighted by Crippen LogP contribution is -2.32. The Bertz CT molecular complexity index is 1000. The number of hydrogen-bond donors (Lipinski definition) is 0. The molecule has 0 spiro atoms. The lowest BCUT2D eigenvalue weighted by atomic mass is 9.81. The molecule has 2 saturated carbocycles. The summed E-state index contributed by atoms with van der Waals surface area (Å²) >= 11 is 0. The summed E-state index contributed by atoms with van der Waals surface area (Å²) in [7, 11) is 1.55. The zero-order valence-corrected chi connectivity index (χ0v) is 16.7. The third-order valence-electron chi connectivity index (χ3n) is 6.76. The second-order valence-corrected chi connectivity index (χ2v) is 8.34. The van der Waals surface area contributed by atoms with Crippen molar-refractivity contribution in [1.29, 1.82) is 0 Å². The number of hydrogen-bond acceptors (Lipinski definition) is 5. The largest absolute Gasteiger partial charge is 0.497 e. The fourth-order valence-corrected chi connectivity index (χ4v) is 5.40. The van der Waals surface area contributed by atoms with Gasteiger partial charge < -0.3 is 9.47 Å². The Hall–Kier alpha value is -3.15. The first-order valence-electron chi connectivity index (χ1n) is 10.3. The average Bonchev–Trinajstić information content (AvgIpc) is 3.46. The van der Waals surface area contributed by atoms with Crippen LogP contribution in [-0.2, 0) is 9.59 Å². The van der Waals surface area contributed by atoms with Crippen molar-refractivity contribution in [2.75, 3.05) is 18.6 Å². The zero-order valence-electron chi connectivity index (χ0n) is 16.7. The molecule has 1 heterocycles. The molecule has 4 atom stereocenters. The van der Waals surface area contributed by atoms with E-state index in [1.54, 1.807) is 55.6 Å². The first-order valence-corrected chi connectivity index (χ1v) is 10.3. The number of carbonyl (C=O) groups is 3. The maximum Gasteiger partial charge on any atom is 0.237 e. The van der Waals surface area contributed by atoms with Crippen molar-refractivity contribution in [3.63, 3.8) is 0 Å². The number of rotatable bonds is 6. The fourth-order valence-electron chi connectivity index (χ4n) is 5.40. The van der Waals surface area contributed by atoms with E-state index in [4.69, 9.17) is 9.47 Å². The molecule has 4 unspecified atom stereocenters. The molecule has 30 heavy (non-hydrogen) atoms. The van der Waals surface area contributed by atoms with Gasteiger partial charge in [-0.1, -0.05) is 18.2 Å². The normalized spacial score (nSPS) is 26.8. The number of fused-ring (bicyclic) bond motifs is 5. The minimum Gasteiger partial charge on any atom is -0.497 e. The monoisotopic (exact) mass is 405 g/mol. The predicted molar refractivity (Wildman–Crippen MR) is 110 cm³/mol. The molecule has 3 fully saturated rings. The van der Waals surface area contributed by atoms with Crippen LogP contribution in [0.25, 0.3) is 0 Å². The molecule has 154 valence electrons. The molecule has 0 aromatic heterocycles. The summed E-state index contributed by atoms with van der Waals surface area (Å²) in [6.45, 7) is -0.145. The van der Waals surface area contributed by atoms with E-state index >= 15 is 0 Å². The van der Waals surface area contributed by atoms with Gasteiger partial charge in [-0.05, 0) is 55.4 Å². The standard InChI is InChI=1S/C24H23NO5/c1-29-18-6-2-4-14(11-18)20(26)13-30-19-7-3-5-17(12-19)25-23(27)21-15-8-9-16(10-15)22(21)24(25)28/h2-7,11-12,15-16,21-22H,8-10,13H2,1H3. The molecule has 6 heteroatoms. The van der Waals surface area contributed by atoms with Gasteiger partial charge in [0.2, 0.25) is 11.8 Å². The van der Waals surface area contributed by atoms with E-state index < -0.39 is 0 Å². The van der Waals surface area contributed by atoms with Crippen LogP contribution in [0.2, 0.25) is 0 Å². The van der Waals surface area contributed by atoms with Crippen molar-refractivity contribution in [2.24, 2.45) is 23.7 Å². The maximum atomic E-state index is 13.0. The highest BCUT2D eigenvalue weighted by molar-refractivity contribution is 6.22. The van der Waals surface area contributed by atoms with Crippen LogP contribution in [0.3, 0.4) is 0 Å². The Morgan fingerprint density at radius 2 is 1.63 bits per heavy atom. The smallest absolute Gasteiger partial charge is 0.237 e. The van der Waals surface area contributed by atoms with Gasteiger partial charge in [-0.2, -0.15) is 0 Å². The van der Waals surface area contributed by atoms with E-state index in [9.17, 15) is 14.4 Å². The highest BCUT2D eigenvalue weighted by atomic mass is 16.5. The highest BCUT2D eigenvalue weighted by Gasteiger charge is 2.61. The van der Waals surface area contributed by atoms with Gasteiger partial charge >= 0.3 is 0 Å². The third kappa shape index (κ3) is 2.98. The van der Waals surface area contributed by atoms with Crippen LogP contribution in [0.15, 0.2) is 48.5 Å². The lowest BCUT2D eigenvalue weighted by molar-refractivity contribution is -0.123. The minimum atomic E-state index is -0.182. The van der Waals surface area contributed by atoms with Crippen molar-refractivity contribution >= 4 is 23.3 Å². The van der Waals surface area contributed by atoms with Crippen molar-refractivity contribution in [1.82, 2.24) is 0 Å². The molecule has 0 N–H and O–H groups in total.